The predicted octanol–water partition coefficient (Wildman–Crippen LogP) is 3.77. The van der Waals surface area contributed by atoms with Crippen molar-refractivity contribution in [2.45, 2.75) is 31.2 Å². The molecule has 1 atom stereocenters. The van der Waals surface area contributed by atoms with Gasteiger partial charge in [0.1, 0.15) is 0 Å². The Morgan fingerprint density at radius 1 is 1.05 bits per heavy atom. The van der Waals surface area contributed by atoms with Crippen LogP contribution in [-0.4, -0.2) is 6.26 Å². The van der Waals surface area contributed by atoms with Gasteiger partial charge in [-0.1, -0.05) is 30.3 Å². The van der Waals surface area contributed by atoms with E-state index in [1.807, 2.05) is 0 Å². The summed E-state index contributed by atoms with van der Waals surface area (Å²) in [6, 6.07) is 15.3. The zero-order valence-corrected chi connectivity index (χ0v) is 13.1. The quantitative estimate of drug-likeness (QED) is 0.499. The molecule has 2 aromatic rings. The highest BCUT2D eigenvalue weighted by Crippen LogP contribution is 2.22. The number of benzene rings is 2. The van der Waals surface area contributed by atoms with Crippen molar-refractivity contribution in [2.75, 3.05) is 6.26 Å². The molecule has 0 aliphatic carbocycles. The number of nitrogens with one attached hydrogen (secondary N) is 1. The van der Waals surface area contributed by atoms with Gasteiger partial charge in [-0.2, -0.15) is 0 Å². The van der Waals surface area contributed by atoms with Gasteiger partial charge in [-0.25, -0.2) is 0 Å². The zero-order valence-electron chi connectivity index (χ0n) is 12.3. The van der Waals surface area contributed by atoms with Gasteiger partial charge in [0.15, 0.2) is 0 Å². The van der Waals surface area contributed by atoms with E-state index in [0.29, 0.717) is 0 Å². The van der Waals surface area contributed by atoms with Gasteiger partial charge in [-0.05, 0) is 60.9 Å². The topological polar surface area (TPSA) is 38.0 Å². The summed E-state index contributed by atoms with van der Waals surface area (Å²) in [4.78, 5) is 1.27. The summed E-state index contributed by atoms with van der Waals surface area (Å²) >= 11 is 1.75. The molecule has 3 heteroatoms. The molecule has 1 unspecified atom stereocenters. The molecular weight excluding hydrogens is 264 g/mol. The van der Waals surface area contributed by atoms with Crippen LogP contribution in [0.1, 0.15) is 28.3 Å². The molecule has 3 N–H and O–H groups in total. The first kappa shape index (κ1) is 15.1. The van der Waals surface area contributed by atoms with Crippen LogP contribution in [0.15, 0.2) is 47.4 Å². The van der Waals surface area contributed by atoms with Crippen LogP contribution >= 0.6 is 11.8 Å². The second kappa shape index (κ2) is 6.93. The Kier molecular flexibility index (Phi) is 5.24. The van der Waals surface area contributed by atoms with E-state index in [-0.39, 0.29) is 6.04 Å². The minimum absolute atomic E-state index is 0.146. The summed E-state index contributed by atoms with van der Waals surface area (Å²) in [5, 5.41) is 0. The molecule has 0 aliphatic heterocycles. The van der Waals surface area contributed by atoms with Crippen LogP contribution in [0.2, 0.25) is 0 Å². The van der Waals surface area contributed by atoms with E-state index in [2.05, 4.69) is 68.0 Å². The molecule has 2 rings (SSSR count). The molecule has 0 spiro atoms. The average Bonchev–Trinajstić information content (AvgIpc) is 2.48. The third-order valence-electron chi connectivity index (χ3n) is 3.73. The molecule has 0 saturated heterocycles. The largest absolute Gasteiger partial charge is 0.271 e. The van der Waals surface area contributed by atoms with Crippen LogP contribution in [0, 0.1) is 13.8 Å². The maximum Gasteiger partial charge on any atom is 0.0500 e. The maximum atomic E-state index is 5.74. The summed E-state index contributed by atoms with van der Waals surface area (Å²) < 4.78 is 0. The Bertz CT molecular complexity index is 564. The molecule has 0 heterocycles. The Morgan fingerprint density at radius 3 is 2.30 bits per heavy atom. The summed E-state index contributed by atoms with van der Waals surface area (Å²) in [5.41, 5.74) is 8.13. The molecule has 0 aromatic heterocycles. The highest BCUT2D eigenvalue weighted by molar-refractivity contribution is 7.98. The van der Waals surface area contributed by atoms with E-state index in [1.54, 1.807) is 11.8 Å². The van der Waals surface area contributed by atoms with Gasteiger partial charge < -0.3 is 0 Å². The first-order valence-corrected chi connectivity index (χ1v) is 8.02. The van der Waals surface area contributed by atoms with Gasteiger partial charge in [-0.15, -0.1) is 11.8 Å². The molecule has 0 fully saturated rings. The van der Waals surface area contributed by atoms with Crippen molar-refractivity contribution in [3.63, 3.8) is 0 Å². The molecule has 2 aromatic carbocycles. The number of aryl methyl sites for hydroxylation is 2. The number of hydrogen-bond donors (Lipinski definition) is 2. The van der Waals surface area contributed by atoms with Crippen LogP contribution in [-0.2, 0) is 6.42 Å². The minimum atomic E-state index is 0.146. The highest BCUT2D eigenvalue weighted by Gasteiger charge is 2.11. The summed E-state index contributed by atoms with van der Waals surface area (Å²) in [5.74, 6) is 5.74. The van der Waals surface area contributed by atoms with Crippen molar-refractivity contribution in [1.29, 1.82) is 0 Å². The molecule has 2 nitrogen and oxygen atoms in total. The standard InChI is InChI=1S/C17H22N2S/c1-12-4-5-14(10-13(12)2)11-17(19-18)15-6-8-16(20-3)9-7-15/h4-10,17,19H,11,18H2,1-3H3. The fraction of sp³-hybridized carbons (Fsp3) is 0.294. The summed E-state index contributed by atoms with van der Waals surface area (Å²) in [7, 11) is 0. The van der Waals surface area contributed by atoms with Crippen molar-refractivity contribution in [3.05, 3.63) is 64.7 Å². The number of rotatable bonds is 5. The van der Waals surface area contributed by atoms with Crippen LogP contribution in [0.3, 0.4) is 0 Å². The van der Waals surface area contributed by atoms with E-state index in [0.717, 1.165) is 6.42 Å². The molecule has 0 bridgehead atoms. The lowest BCUT2D eigenvalue weighted by molar-refractivity contribution is 0.551. The number of thioether (sulfide) groups is 1. The monoisotopic (exact) mass is 286 g/mol. The summed E-state index contributed by atoms with van der Waals surface area (Å²) in [6.45, 7) is 4.29. The predicted molar refractivity (Wildman–Crippen MR) is 87.9 cm³/mol. The minimum Gasteiger partial charge on any atom is -0.271 e. The van der Waals surface area contributed by atoms with Crippen molar-refractivity contribution >= 4 is 11.8 Å². The van der Waals surface area contributed by atoms with Gasteiger partial charge in [0.2, 0.25) is 0 Å². The first-order valence-electron chi connectivity index (χ1n) is 6.80. The molecule has 0 amide bonds. The van der Waals surface area contributed by atoms with Crippen molar-refractivity contribution in [1.82, 2.24) is 5.43 Å². The average molecular weight is 286 g/mol. The van der Waals surface area contributed by atoms with Gasteiger partial charge in [0.25, 0.3) is 0 Å². The van der Waals surface area contributed by atoms with E-state index >= 15 is 0 Å². The lowest BCUT2D eigenvalue weighted by atomic mass is 9.97. The van der Waals surface area contributed by atoms with E-state index in [4.69, 9.17) is 5.84 Å². The third-order valence-corrected chi connectivity index (χ3v) is 4.47. The Hall–Kier alpha value is -1.29. The second-order valence-corrected chi connectivity index (χ2v) is 5.99. The lowest BCUT2D eigenvalue weighted by Crippen LogP contribution is -2.29. The van der Waals surface area contributed by atoms with Gasteiger partial charge in [0.05, 0.1) is 0 Å². The molecule has 0 saturated carbocycles. The van der Waals surface area contributed by atoms with E-state index < -0.39 is 0 Å². The summed E-state index contributed by atoms with van der Waals surface area (Å²) in [6.07, 6.45) is 2.99. The fourth-order valence-electron chi connectivity index (χ4n) is 2.28. The molecule has 20 heavy (non-hydrogen) atoms. The van der Waals surface area contributed by atoms with Gasteiger partial charge in [0, 0.05) is 10.9 Å². The van der Waals surface area contributed by atoms with Crippen molar-refractivity contribution < 1.29 is 0 Å². The van der Waals surface area contributed by atoms with Crippen molar-refractivity contribution in [2.24, 2.45) is 5.84 Å². The van der Waals surface area contributed by atoms with Crippen LogP contribution in [0.4, 0.5) is 0 Å². The molecular formula is C17H22N2S. The van der Waals surface area contributed by atoms with Crippen LogP contribution in [0.25, 0.3) is 0 Å². The lowest BCUT2D eigenvalue weighted by Gasteiger charge is -2.17. The number of nitrogens with two attached hydrogens (primary N) is 1. The van der Waals surface area contributed by atoms with E-state index in [9.17, 15) is 0 Å². The SMILES string of the molecule is CSc1ccc(C(Cc2ccc(C)c(C)c2)NN)cc1. The first-order chi connectivity index (χ1) is 9.63. The maximum absolute atomic E-state index is 5.74. The van der Waals surface area contributed by atoms with Crippen LogP contribution < -0.4 is 11.3 Å². The smallest absolute Gasteiger partial charge is 0.0500 e. The zero-order chi connectivity index (χ0) is 14.5. The van der Waals surface area contributed by atoms with Gasteiger partial charge in [-0.3, -0.25) is 11.3 Å². The second-order valence-electron chi connectivity index (χ2n) is 5.12. The Morgan fingerprint density at radius 2 is 1.75 bits per heavy atom. The van der Waals surface area contributed by atoms with Crippen molar-refractivity contribution in [3.8, 4) is 0 Å². The number of hydrogen-bond acceptors (Lipinski definition) is 3. The van der Waals surface area contributed by atoms with Crippen LogP contribution in [0.5, 0.6) is 0 Å². The van der Waals surface area contributed by atoms with E-state index in [1.165, 1.54) is 27.1 Å². The normalized spacial score (nSPS) is 12.4. The third kappa shape index (κ3) is 3.63. The highest BCUT2D eigenvalue weighted by atomic mass is 32.2. The Balaban J connectivity index is 2.16. The fourth-order valence-corrected chi connectivity index (χ4v) is 2.68. The number of hydrazine groups is 1. The Labute approximate surface area is 125 Å². The van der Waals surface area contributed by atoms with Gasteiger partial charge >= 0.3 is 0 Å². The molecule has 106 valence electrons. The molecule has 0 aliphatic rings. The molecule has 0 radical (unpaired) electrons.